The summed E-state index contributed by atoms with van der Waals surface area (Å²) < 4.78 is 15.5. The second kappa shape index (κ2) is 10.7. The minimum absolute atomic E-state index is 0.0743. The number of amides is 1. The summed E-state index contributed by atoms with van der Waals surface area (Å²) >= 11 is 0. The molecule has 0 aliphatic carbocycles. The van der Waals surface area contributed by atoms with E-state index >= 15 is 0 Å². The Morgan fingerprint density at radius 1 is 1.10 bits per heavy atom. The largest absolute Gasteiger partial charge is 0.493 e. The number of nitrogens with zero attached hydrogens (tertiary/aromatic N) is 1. The van der Waals surface area contributed by atoms with Gasteiger partial charge in [0.05, 0.1) is 13.7 Å². The van der Waals surface area contributed by atoms with Crippen molar-refractivity contribution < 1.29 is 23.8 Å². The van der Waals surface area contributed by atoms with Crippen LogP contribution in [0.2, 0.25) is 0 Å². The zero-order valence-corrected chi connectivity index (χ0v) is 17.4. The first kappa shape index (κ1) is 22.5. The molecule has 2 rings (SSSR count). The summed E-state index contributed by atoms with van der Waals surface area (Å²) in [5.41, 5.74) is 3.22. The van der Waals surface area contributed by atoms with E-state index < -0.39 is 11.9 Å². The zero-order chi connectivity index (χ0) is 22.1. The van der Waals surface area contributed by atoms with Crippen LogP contribution in [-0.4, -0.2) is 32.2 Å². The average Bonchev–Trinajstić information content (AvgIpc) is 2.73. The monoisotopic (exact) mass is 408 g/mol. The SMILES string of the molecule is CCOC(=O)COc1cc(/C=C(/C#N)C(=O)Nc2ccc(C)c(C)c2)ccc1OC. The Hall–Kier alpha value is -3.79. The lowest BCUT2D eigenvalue weighted by Gasteiger charge is -2.11. The number of aryl methyl sites for hydroxylation is 2. The Morgan fingerprint density at radius 3 is 2.50 bits per heavy atom. The molecule has 7 heteroatoms. The van der Waals surface area contributed by atoms with Gasteiger partial charge < -0.3 is 19.5 Å². The van der Waals surface area contributed by atoms with Crippen molar-refractivity contribution >= 4 is 23.6 Å². The Morgan fingerprint density at radius 2 is 1.87 bits per heavy atom. The molecule has 0 aromatic heterocycles. The van der Waals surface area contributed by atoms with Crippen LogP contribution in [0.3, 0.4) is 0 Å². The van der Waals surface area contributed by atoms with Gasteiger partial charge >= 0.3 is 5.97 Å². The van der Waals surface area contributed by atoms with Gasteiger partial charge in [0.1, 0.15) is 11.6 Å². The fraction of sp³-hybridized carbons (Fsp3) is 0.261. The third-order valence-electron chi connectivity index (χ3n) is 4.28. The molecule has 1 amide bonds. The first-order chi connectivity index (χ1) is 14.4. The molecule has 0 saturated heterocycles. The lowest BCUT2D eigenvalue weighted by atomic mass is 10.1. The Bertz CT molecular complexity index is 1010. The fourth-order valence-electron chi connectivity index (χ4n) is 2.57. The van der Waals surface area contributed by atoms with Crippen LogP contribution in [0.15, 0.2) is 42.0 Å². The smallest absolute Gasteiger partial charge is 0.344 e. The van der Waals surface area contributed by atoms with Gasteiger partial charge in [-0.05, 0) is 67.8 Å². The van der Waals surface area contributed by atoms with Crippen LogP contribution in [0.25, 0.3) is 6.08 Å². The van der Waals surface area contributed by atoms with Crippen LogP contribution in [0.5, 0.6) is 11.5 Å². The lowest BCUT2D eigenvalue weighted by molar-refractivity contribution is -0.145. The van der Waals surface area contributed by atoms with E-state index in [0.717, 1.165) is 11.1 Å². The molecule has 0 aliphatic heterocycles. The van der Waals surface area contributed by atoms with Crippen molar-refractivity contribution in [1.82, 2.24) is 0 Å². The number of hydrogen-bond acceptors (Lipinski definition) is 6. The summed E-state index contributed by atoms with van der Waals surface area (Å²) in [7, 11) is 1.47. The average molecular weight is 408 g/mol. The summed E-state index contributed by atoms with van der Waals surface area (Å²) in [6.07, 6.45) is 1.44. The number of esters is 1. The Labute approximate surface area is 175 Å². The van der Waals surface area contributed by atoms with Gasteiger partial charge in [0, 0.05) is 5.69 Å². The zero-order valence-electron chi connectivity index (χ0n) is 17.4. The highest BCUT2D eigenvalue weighted by molar-refractivity contribution is 6.09. The van der Waals surface area contributed by atoms with E-state index in [9.17, 15) is 14.9 Å². The maximum absolute atomic E-state index is 12.5. The van der Waals surface area contributed by atoms with E-state index in [4.69, 9.17) is 14.2 Å². The van der Waals surface area contributed by atoms with Crippen LogP contribution in [-0.2, 0) is 14.3 Å². The summed E-state index contributed by atoms with van der Waals surface area (Å²) in [4.78, 5) is 24.1. The summed E-state index contributed by atoms with van der Waals surface area (Å²) in [5.74, 6) is -0.322. The van der Waals surface area contributed by atoms with Gasteiger partial charge in [0.2, 0.25) is 0 Å². The molecule has 30 heavy (non-hydrogen) atoms. The van der Waals surface area contributed by atoms with Gasteiger partial charge in [-0.3, -0.25) is 4.79 Å². The quantitative estimate of drug-likeness (QED) is 0.405. The number of carbonyl (C=O) groups excluding carboxylic acids is 2. The van der Waals surface area contributed by atoms with Crippen LogP contribution in [0, 0.1) is 25.2 Å². The molecule has 0 heterocycles. The molecule has 0 aliphatic rings. The van der Waals surface area contributed by atoms with Gasteiger partial charge in [0.15, 0.2) is 18.1 Å². The van der Waals surface area contributed by atoms with Gasteiger partial charge in [-0.15, -0.1) is 0 Å². The number of rotatable bonds is 8. The molecule has 0 spiro atoms. The van der Waals surface area contributed by atoms with Gasteiger partial charge in [0.25, 0.3) is 5.91 Å². The van der Waals surface area contributed by atoms with E-state index in [1.165, 1.54) is 13.2 Å². The summed E-state index contributed by atoms with van der Waals surface area (Å²) in [5, 5.41) is 12.2. The van der Waals surface area contributed by atoms with Crippen LogP contribution >= 0.6 is 0 Å². The van der Waals surface area contributed by atoms with Gasteiger partial charge in [-0.25, -0.2) is 4.79 Å². The first-order valence-corrected chi connectivity index (χ1v) is 9.34. The number of anilines is 1. The number of methoxy groups -OCH3 is 1. The standard InChI is InChI=1S/C23H24N2O5/c1-5-29-22(26)14-30-21-12-17(7-9-20(21)28-4)11-18(13-24)23(27)25-19-8-6-15(2)16(3)10-19/h6-12H,5,14H2,1-4H3,(H,25,27)/b18-11-. The molecule has 7 nitrogen and oxygen atoms in total. The van der Waals surface area contributed by atoms with E-state index in [0.29, 0.717) is 22.7 Å². The van der Waals surface area contributed by atoms with Crippen molar-refractivity contribution in [2.24, 2.45) is 0 Å². The molecule has 0 radical (unpaired) electrons. The first-order valence-electron chi connectivity index (χ1n) is 9.34. The molecule has 156 valence electrons. The normalized spacial score (nSPS) is 10.7. The third kappa shape index (κ3) is 6.11. The van der Waals surface area contributed by atoms with Crippen molar-refractivity contribution in [1.29, 1.82) is 5.26 Å². The maximum Gasteiger partial charge on any atom is 0.344 e. The highest BCUT2D eigenvalue weighted by Gasteiger charge is 2.13. The van der Waals surface area contributed by atoms with Gasteiger partial charge in [-0.2, -0.15) is 5.26 Å². The number of benzene rings is 2. The summed E-state index contributed by atoms with van der Waals surface area (Å²) in [6.45, 7) is 5.60. The van der Waals surface area contributed by atoms with E-state index in [1.807, 2.05) is 32.0 Å². The van der Waals surface area contributed by atoms with E-state index in [2.05, 4.69) is 5.32 Å². The van der Waals surface area contributed by atoms with Crippen LogP contribution in [0.1, 0.15) is 23.6 Å². The number of nitriles is 1. The third-order valence-corrected chi connectivity index (χ3v) is 4.28. The molecule has 0 atom stereocenters. The maximum atomic E-state index is 12.5. The van der Waals surface area contributed by atoms with E-state index in [1.54, 1.807) is 31.2 Å². The lowest BCUT2D eigenvalue weighted by Crippen LogP contribution is -2.15. The molecule has 0 fully saturated rings. The fourth-order valence-corrected chi connectivity index (χ4v) is 2.57. The van der Waals surface area contributed by atoms with Crippen molar-refractivity contribution in [2.45, 2.75) is 20.8 Å². The Balaban J connectivity index is 2.22. The van der Waals surface area contributed by atoms with Crippen LogP contribution < -0.4 is 14.8 Å². The number of carbonyl (C=O) groups is 2. The van der Waals surface area contributed by atoms with Crippen molar-refractivity contribution in [3.05, 3.63) is 58.7 Å². The van der Waals surface area contributed by atoms with Crippen LogP contribution in [0.4, 0.5) is 5.69 Å². The molecule has 2 aromatic carbocycles. The van der Waals surface area contributed by atoms with E-state index in [-0.39, 0.29) is 18.8 Å². The molecule has 0 saturated carbocycles. The predicted octanol–water partition coefficient (Wildman–Crippen LogP) is 3.80. The molecule has 2 aromatic rings. The number of nitrogens with one attached hydrogen (secondary N) is 1. The number of hydrogen-bond donors (Lipinski definition) is 1. The second-order valence-corrected chi connectivity index (χ2v) is 6.43. The molecule has 0 unspecified atom stereocenters. The topological polar surface area (TPSA) is 97.7 Å². The highest BCUT2D eigenvalue weighted by Crippen LogP contribution is 2.29. The van der Waals surface area contributed by atoms with Crippen molar-refractivity contribution in [3.8, 4) is 17.6 Å². The molecule has 1 N–H and O–H groups in total. The highest BCUT2D eigenvalue weighted by atomic mass is 16.6. The second-order valence-electron chi connectivity index (χ2n) is 6.43. The molecular formula is C23H24N2O5. The van der Waals surface area contributed by atoms with Gasteiger partial charge in [-0.1, -0.05) is 12.1 Å². The summed E-state index contributed by atoms with van der Waals surface area (Å²) in [6, 6.07) is 12.3. The van der Waals surface area contributed by atoms with Crippen molar-refractivity contribution in [3.63, 3.8) is 0 Å². The minimum Gasteiger partial charge on any atom is -0.493 e. The van der Waals surface area contributed by atoms with Crippen molar-refractivity contribution in [2.75, 3.05) is 25.6 Å². The Kier molecular flexibility index (Phi) is 8.00. The molecule has 0 bridgehead atoms. The number of ether oxygens (including phenoxy) is 3. The molecular weight excluding hydrogens is 384 g/mol. The minimum atomic E-state index is -0.523. The predicted molar refractivity (Wildman–Crippen MR) is 113 cm³/mol.